The molecule has 0 radical (unpaired) electrons. The Balaban J connectivity index is 1.82. The van der Waals surface area contributed by atoms with Crippen LogP contribution in [-0.4, -0.2) is 37.2 Å². The van der Waals surface area contributed by atoms with Crippen molar-refractivity contribution in [2.75, 3.05) is 19.5 Å². The Labute approximate surface area is 220 Å². The normalized spacial score (nSPS) is 10.7. The third kappa shape index (κ3) is 6.39. The third-order valence-electron chi connectivity index (χ3n) is 4.84. The van der Waals surface area contributed by atoms with E-state index in [-0.39, 0.29) is 22.6 Å². The lowest BCUT2D eigenvalue weighted by Gasteiger charge is -2.13. The molecule has 10 heteroatoms. The fourth-order valence-corrected chi connectivity index (χ4v) is 3.75. The standard InChI is InChI=1S/C26H19IN2O7/c1-34-20-9-5-17(6-10-20)26(33)36-23-21(27)12-15(13-22(23)35-2)11-18(14-28)24(30)29-19-7-3-16(4-8-19)25(31)32/h3-13H,1-2H3,(H,29,30)(H,31,32)/b18-11+. The van der Waals surface area contributed by atoms with Gasteiger partial charge in [-0.3, -0.25) is 4.79 Å². The Kier molecular flexibility index (Phi) is 8.64. The van der Waals surface area contributed by atoms with Gasteiger partial charge in [0.05, 0.1) is 28.9 Å². The van der Waals surface area contributed by atoms with Crippen LogP contribution in [0.25, 0.3) is 6.08 Å². The largest absolute Gasteiger partial charge is 0.497 e. The fourth-order valence-electron chi connectivity index (χ4n) is 3.01. The molecule has 0 aliphatic heterocycles. The van der Waals surface area contributed by atoms with Crippen molar-refractivity contribution >= 4 is 52.2 Å². The number of hydrogen-bond donors (Lipinski definition) is 2. The monoisotopic (exact) mass is 598 g/mol. The van der Waals surface area contributed by atoms with Gasteiger partial charge in [0.1, 0.15) is 17.4 Å². The minimum absolute atomic E-state index is 0.0681. The van der Waals surface area contributed by atoms with Gasteiger partial charge in [0.25, 0.3) is 5.91 Å². The molecule has 3 aromatic carbocycles. The van der Waals surface area contributed by atoms with Crippen LogP contribution in [0.2, 0.25) is 0 Å². The van der Waals surface area contributed by atoms with Crippen LogP contribution in [0, 0.1) is 14.9 Å². The van der Waals surface area contributed by atoms with Gasteiger partial charge in [0.2, 0.25) is 0 Å². The van der Waals surface area contributed by atoms with Crippen LogP contribution >= 0.6 is 22.6 Å². The zero-order valence-corrected chi connectivity index (χ0v) is 21.2. The molecule has 36 heavy (non-hydrogen) atoms. The van der Waals surface area contributed by atoms with Crippen molar-refractivity contribution in [2.45, 2.75) is 0 Å². The van der Waals surface area contributed by atoms with Crippen LogP contribution in [-0.2, 0) is 4.79 Å². The quantitative estimate of drug-likeness (QED) is 0.125. The van der Waals surface area contributed by atoms with Crippen LogP contribution in [0.4, 0.5) is 5.69 Å². The number of carboxylic acid groups (broad SMARTS) is 1. The maximum absolute atomic E-state index is 12.6. The number of carbonyl (C=O) groups excluding carboxylic acids is 2. The van der Waals surface area contributed by atoms with Crippen molar-refractivity contribution in [3.8, 4) is 23.3 Å². The van der Waals surface area contributed by atoms with E-state index in [1.54, 1.807) is 30.3 Å². The smallest absolute Gasteiger partial charge is 0.343 e. The highest BCUT2D eigenvalue weighted by molar-refractivity contribution is 14.1. The molecule has 0 aliphatic carbocycles. The number of rotatable bonds is 8. The van der Waals surface area contributed by atoms with E-state index in [2.05, 4.69) is 5.32 Å². The Bertz CT molecular complexity index is 1380. The van der Waals surface area contributed by atoms with Crippen molar-refractivity contribution in [1.29, 1.82) is 5.26 Å². The van der Waals surface area contributed by atoms with Gasteiger partial charge < -0.3 is 24.6 Å². The molecule has 9 nitrogen and oxygen atoms in total. The van der Waals surface area contributed by atoms with E-state index in [1.165, 1.54) is 50.6 Å². The zero-order chi connectivity index (χ0) is 26.2. The average Bonchev–Trinajstić information content (AvgIpc) is 2.88. The number of benzene rings is 3. The number of methoxy groups -OCH3 is 2. The number of aromatic carboxylic acids is 1. The van der Waals surface area contributed by atoms with Crippen LogP contribution in [0.3, 0.4) is 0 Å². The summed E-state index contributed by atoms with van der Waals surface area (Å²) in [6.07, 6.45) is 1.36. The summed E-state index contributed by atoms with van der Waals surface area (Å²) in [4.78, 5) is 36.2. The van der Waals surface area contributed by atoms with Crippen molar-refractivity contribution < 1.29 is 33.7 Å². The molecule has 0 saturated heterocycles. The van der Waals surface area contributed by atoms with Gasteiger partial charge in [-0.2, -0.15) is 5.26 Å². The zero-order valence-electron chi connectivity index (χ0n) is 19.1. The van der Waals surface area contributed by atoms with Crippen molar-refractivity contribution in [1.82, 2.24) is 0 Å². The number of nitriles is 1. The van der Waals surface area contributed by atoms with Gasteiger partial charge in [-0.25, -0.2) is 9.59 Å². The number of carbonyl (C=O) groups is 3. The van der Waals surface area contributed by atoms with E-state index in [9.17, 15) is 19.6 Å². The highest BCUT2D eigenvalue weighted by Gasteiger charge is 2.18. The fraction of sp³-hybridized carbons (Fsp3) is 0.0769. The summed E-state index contributed by atoms with van der Waals surface area (Å²) in [7, 11) is 2.93. The van der Waals surface area contributed by atoms with Gasteiger partial charge in [-0.1, -0.05) is 0 Å². The second-order valence-electron chi connectivity index (χ2n) is 7.16. The first-order valence-corrected chi connectivity index (χ1v) is 11.3. The van der Waals surface area contributed by atoms with Crippen molar-refractivity contribution in [3.63, 3.8) is 0 Å². The van der Waals surface area contributed by atoms with E-state index in [0.29, 0.717) is 26.1 Å². The second kappa shape index (κ2) is 11.9. The lowest BCUT2D eigenvalue weighted by atomic mass is 10.1. The molecule has 1 amide bonds. The Hall–Kier alpha value is -4.37. The van der Waals surface area contributed by atoms with Gasteiger partial charge in [0.15, 0.2) is 11.5 Å². The molecule has 3 aromatic rings. The average molecular weight is 598 g/mol. The number of nitrogens with zero attached hydrogens (tertiary/aromatic N) is 1. The summed E-state index contributed by atoms with van der Waals surface area (Å²) in [6, 6.07) is 17.0. The van der Waals surface area contributed by atoms with Gasteiger partial charge in [0, 0.05) is 5.69 Å². The molecular weight excluding hydrogens is 579 g/mol. The number of esters is 1. The molecule has 0 saturated carbocycles. The summed E-state index contributed by atoms with van der Waals surface area (Å²) in [5.41, 5.74) is 0.988. The van der Waals surface area contributed by atoms with Crippen LogP contribution < -0.4 is 19.5 Å². The van der Waals surface area contributed by atoms with Gasteiger partial charge in [-0.15, -0.1) is 0 Å². The van der Waals surface area contributed by atoms with Crippen LogP contribution in [0.15, 0.2) is 66.2 Å². The van der Waals surface area contributed by atoms with Crippen molar-refractivity contribution in [2.24, 2.45) is 0 Å². The molecule has 0 aromatic heterocycles. The molecule has 2 N–H and O–H groups in total. The lowest BCUT2D eigenvalue weighted by Crippen LogP contribution is -2.13. The number of hydrogen-bond acceptors (Lipinski definition) is 7. The summed E-state index contributed by atoms with van der Waals surface area (Å²) in [5, 5.41) is 21.0. The minimum atomic E-state index is -1.09. The number of nitrogens with one attached hydrogen (secondary N) is 1. The first-order valence-electron chi connectivity index (χ1n) is 10.3. The molecule has 3 rings (SSSR count). The molecular formula is C26H19IN2O7. The summed E-state index contributed by atoms with van der Waals surface area (Å²) in [6.45, 7) is 0. The van der Waals surface area contributed by atoms with E-state index in [0.717, 1.165) is 0 Å². The Morgan fingerprint density at radius 3 is 2.17 bits per heavy atom. The van der Waals surface area contributed by atoms with Crippen LogP contribution in [0.5, 0.6) is 17.2 Å². The topological polar surface area (TPSA) is 135 Å². The molecule has 0 spiro atoms. The number of ether oxygens (including phenoxy) is 3. The SMILES string of the molecule is COc1ccc(C(=O)Oc2c(I)cc(/C=C(\C#N)C(=O)Nc3ccc(C(=O)O)cc3)cc2OC)cc1. The van der Waals surface area contributed by atoms with E-state index >= 15 is 0 Å². The summed E-state index contributed by atoms with van der Waals surface area (Å²) >= 11 is 1.96. The Morgan fingerprint density at radius 2 is 1.61 bits per heavy atom. The van der Waals surface area contributed by atoms with Gasteiger partial charge in [-0.05, 0) is 94.9 Å². The first kappa shape index (κ1) is 26.2. The summed E-state index contributed by atoms with van der Waals surface area (Å²) < 4.78 is 16.5. The van der Waals surface area contributed by atoms with Crippen molar-refractivity contribution in [3.05, 3.63) is 86.5 Å². The molecule has 0 bridgehead atoms. The number of amides is 1. The lowest BCUT2D eigenvalue weighted by molar-refractivity contribution is -0.112. The predicted molar refractivity (Wildman–Crippen MR) is 139 cm³/mol. The molecule has 0 aliphatic rings. The molecule has 0 fully saturated rings. The number of carboxylic acids is 1. The third-order valence-corrected chi connectivity index (χ3v) is 5.64. The maximum Gasteiger partial charge on any atom is 0.343 e. The van der Waals surface area contributed by atoms with E-state index in [4.69, 9.17) is 19.3 Å². The summed E-state index contributed by atoms with van der Waals surface area (Å²) in [5.74, 6) is -1.33. The molecule has 0 heterocycles. The number of anilines is 1. The predicted octanol–water partition coefficient (Wildman–Crippen LogP) is 4.77. The highest BCUT2D eigenvalue weighted by Crippen LogP contribution is 2.35. The molecule has 0 unspecified atom stereocenters. The number of halogens is 1. The maximum atomic E-state index is 12.6. The molecule has 182 valence electrons. The minimum Gasteiger partial charge on any atom is -0.497 e. The Morgan fingerprint density at radius 1 is 0.972 bits per heavy atom. The van der Waals surface area contributed by atoms with E-state index in [1.807, 2.05) is 28.7 Å². The van der Waals surface area contributed by atoms with E-state index < -0.39 is 17.8 Å². The first-order chi connectivity index (χ1) is 17.2. The van der Waals surface area contributed by atoms with Crippen LogP contribution in [0.1, 0.15) is 26.3 Å². The van der Waals surface area contributed by atoms with Gasteiger partial charge >= 0.3 is 11.9 Å². The molecule has 0 atom stereocenters. The second-order valence-corrected chi connectivity index (χ2v) is 8.32. The highest BCUT2D eigenvalue weighted by atomic mass is 127.